The molecule has 0 rings (SSSR count). The van der Waals surface area contributed by atoms with Gasteiger partial charge in [0.25, 0.3) is 0 Å². The van der Waals surface area contributed by atoms with Crippen molar-refractivity contribution in [3.63, 3.8) is 0 Å². The zero-order valence-electron chi connectivity index (χ0n) is 6.81. The van der Waals surface area contributed by atoms with Crippen molar-refractivity contribution in [1.82, 2.24) is 6.76 Å². The van der Waals surface area contributed by atoms with E-state index in [9.17, 15) is 0 Å². The van der Waals surface area contributed by atoms with Crippen molar-refractivity contribution < 1.29 is 19.7 Å². The van der Waals surface area contributed by atoms with Crippen molar-refractivity contribution in [1.29, 1.82) is 0 Å². The molecule has 0 aromatic carbocycles. The number of hydrogen-bond acceptors (Lipinski definition) is 2. The second-order valence-corrected chi connectivity index (χ2v) is 4.82. The van der Waals surface area contributed by atoms with Crippen LogP contribution in [0, 0.1) is 0 Å². The maximum atomic E-state index is 2.41. The molecule has 0 bridgehead atoms. The number of rotatable bonds is 4. The molecule has 0 N–H and O–H groups in total. The van der Waals surface area contributed by atoms with Crippen LogP contribution in [0.4, 0.5) is 0 Å². The molecule has 0 aromatic heterocycles. The van der Waals surface area contributed by atoms with E-state index >= 15 is 0 Å². The van der Waals surface area contributed by atoms with Gasteiger partial charge in [-0.05, 0) is 0 Å². The van der Waals surface area contributed by atoms with Gasteiger partial charge < -0.3 is 0 Å². The molecule has 0 heterocycles. The number of hydrogen-bond donors (Lipinski definition) is 0. The molecule has 0 atom stereocenters. The molecule has 0 fully saturated rings. The van der Waals surface area contributed by atoms with Crippen LogP contribution in [0.1, 0.15) is 13.8 Å². The summed E-state index contributed by atoms with van der Waals surface area (Å²) in [6, 6.07) is 0. The van der Waals surface area contributed by atoms with Gasteiger partial charge in [0.15, 0.2) is 0 Å². The summed E-state index contributed by atoms with van der Waals surface area (Å²) in [4.78, 5) is 0. The van der Waals surface area contributed by atoms with Crippen LogP contribution < -0.4 is 0 Å². The van der Waals surface area contributed by atoms with E-state index in [-0.39, 0.29) is 19.7 Å². The molecule has 0 saturated heterocycles. The molecule has 3 heteroatoms. The first kappa shape index (κ1) is 9.63. The SMILES string of the molecule is CC[N](C)[Ti][N](C)CC. The van der Waals surface area contributed by atoms with Gasteiger partial charge in [-0.2, -0.15) is 0 Å². The normalized spacial score (nSPS) is 10.9. The van der Waals surface area contributed by atoms with E-state index in [1.54, 1.807) is 0 Å². The van der Waals surface area contributed by atoms with E-state index in [2.05, 4.69) is 34.7 Å². The molecule has 0 radical (unpaired) electrons. The van der Waals surface area contributed by atoms with Crippen LogP contribution in [-0.4, -0.2) is 33.9 Å². The summed E-state index contributed by atoms with van der Waals surface area (Å²) in [5, 5.41) is 0. The summed E-state index contributed by atoms with van der Waals surface area (Å²) in [5.41, 5.74) is 0. The van der Waals surface area contributed by atoms with Crippen LogP contribution >= 0.6 is 0 Å². The summed E-state index contributed by atoms with van der Waals surface area (Å²) in [5.74, 6) is 0. The molecule has 2 nitrogen and oxygen atoms in total. The zero-order valence-corrected chi connectivity index (χ0v) is 8.37. The van der Waals surface area contributed by atoms with Crippen LogP contribution in [0.2, 0.25) is 0 Å². The summed E-state index contributed by atoms with van der Waals surface area (Å²) < 4.78 is 4.81. The quantitative estimate of drug-likeness (QED) is 0.567. The van der Waals surface area contributed by atoms with E-state index in [0.717, 1.165) is 0 Å². The molecular formula is C6H16N2Ti. The van der Waals surface area contributed by atoms with Gasteiger partial charge in [0.1, 0.15) is 0 Å². The van der Waals surface area contributed by atoms with Gasteiger partial charge >= 0.3 is 67.5 Å². The fraction of sp³-hybridized carbons (Fsp3) is 1.00. The average Bonchev–Trinajstić information content (AvgIpc) is 1.87. The Morgan fingerprint density at radius 3 is 1.56 bits per heavy atom. The second kappa shape index (κ2) is 5.42. The Balaban J connectivity index is 3.22. The summed E-state index contributed by atoms with van der Waals surface area (Å²) >= 11 is 0.0417. The monoisotopic (exact) mass is 164 g/mol. The predicted octanol–water partition coefficient (Wildman–Crippen LogP) is 0.802. The van der Waals surface area contributed by atoms with E-state index in [1.807, 2.05) is 0 Å². The summed E-state index contributed by atoms with van der Waals surface area (Å²) in [7, 11) is 4.37. The minimum absolute atomic E-state index is 0.0417. The molecule has 9 heavy (non-hydrogen) atoms. The fourth-order valence-corrected chi connectivity index (χ4v) is 1.78. The summed E-state index contributed by atoms with van der Waals surface area (Å²) in [6.07, 6.45) is 0. The topological polar surface area (TPSA) is 6.48 Å². The molecule has 0 unspecified atom stereocenters. The average molecular weight is 164 g/mol. The van der Waals surface area contributed by atoms with E-state index in [1.165, 1.54) is 13.1 Å². The van der Waals surface area contributed by atoms with Crippen molar-refractivity contribution in [2.75, 3.05) is 27.2 Å². The fourth-order valence-electron chi connectivity index (χ4n) is 0.433. The first-order valence-electron chi connectivity index (χ1n) is 3.39. The predicted molar refractivity (Wildman–Crippen MR) is 36.6 cm³/mol. The van der Waals surface area contributed by atoms with E-state index in [0.29, 0.717) is 0 Å². The zero-order chi connectivity index (χ0) is 7.28. The Bertz CT molecular complexity index is 60.1. The van der Waals surface area contributed by atoms with Gasteiger partial charge in [-0.25, -0.2) is 0 Å². The van der Waals surface area contributed by atoms with Gasteiger partial charge in [-0.15, -0.1) is 0 Å². The van der Waals surface area contributed by atoms with Crippen molar-refractivity contribution in [2.24, 2.45) is 0 Å². The van der Waals surface area contributed by atoms with Crippen molar-refractivity contribution in [3.05, 3.63) is 0 Å². The Morgan fingerprint density at radius 2 is 1.33 bits per heavy atom. The molecule has 0 saturated carbocycles. The molecule has 0 aromatic rings. The molecule has 0 spiro atoms. The maximum absolute atomic E-state index is 2.41. The van der Waals surface area contributed by atoms with Gasteiger partial charge in [0.05, 0.1) is 0 Å². The van der Waals surface area contributed by atoms with Crippen LogP contribution in [0.5, 0.6) is 0 Å². The molecular weight excluding hydrogens is 148 g/mol. The Morgan fingerprint density at radius 1 is 1.00 bits per heavy atom. The second-order valence-electron chi connectivity index (χ2n) is 2.13. The summed E-state index contributed by atoms with van der Waals surface area (Å²) in [6.45, 7) is 6.77. The minimum atomic E-state index is 0.0417. The van der Waals surface area contributed by atoms with Crippen molar-refractivity contribution in [2.45, 2.75) is 13.8 Å². The van der Waals surface area contributed by atoms with Gasteiger partial charge in [0.2, 0.25) is 0 Å². The Hall–Kier alpha value is 0.634. The van der Waals surface area contributed by atoms with E-state index in [4.69, 9.17) is 0 Å². The van der Waals surface area contributed by atoms with Gasteiger partial charge in [-0.3, -0.25) is 0 Å². The molecule has 0 aliphatic carbocycles. The Labute approximate surface area is 67.8 Å². The molecule has 54 valence electrons. The van der Waals surface area contributed by atoms with Crippen LogP contribution in [0.25, 0.3) is 0 Å². The first-order chi connectivity index (χ1) is 4.20. The van der Waals surface area contributed by atoms with Crippen molar-refractivity contribution in [3.8, 4) is 0 Å². The van der Waals surface area contributed by atoms with Gasteiger partial charge in [-0.1, -0.05) is 0 Å². The number of nitrogens with zero attached hydrogens (tertiary/aromatic N) is 2. The standard InChI is InChI=1S/2C3H8N.Ti/c2*1-3-4-2;/h2*3H2,1-2H3;/q2*-1;+2. The van der Waals surface area contributed by atoms with Gasteiger partial charge in [0, 0.05) is 0 Å². The third-order valence-corrected chi connectivity index (χ3v) is 3.34. The van der Waals surface area contributed by atoms with Crippen LogP contribution in [0.3, 0.4) is 0 Å². The third kappa shape index (κ3) is 5.10. The molecule has 0 aliphatic heterocycles. The van der Waals surface area contributed by atoms with Crippen LogP contribution in [0.15, 0.2) is 0 Å². The van der Waals surface area contributed by atoms with Crippen molar-refractivity contribution >= 4 is 0 Å². The Kier molecular flexibility index (Phi) is 5.80. The first-order valence-corrected chi connectivity index (χ1v) is 4.79. The van der Waals surface area contributed by atoms with Crippen LogP contribution in [-0.2, 0) is 19.7 Å². The van der Waals surface area contributed by atoms with E-state index < -0.39 is 0 Å². The molecule has 0 aliphatic rings. The molecule has 0 amide bonds. The third-order valence-electron chi connectivity index (χ3n) is 1.29.